The van der Waals surface area contributed by atoms with E-state index in [0.717, 1.165) is 154 Å². The van der Waals surface area contributed by atoms with Gasteiger partial charge in [0.15, 0.2) is 12.2 Å². The lowest BCUT2D eigenvalue weighted by Gasteiger charge is -2.21. The molecule has 0 aromatic carbocycles. The summed E-state index contributed by atoms with van der Waals surface area (Å²) in [6.07, 6.45) is 76.3. The van der Waals surface area contributed by atoms with Crippen molar-refractivity contribution >= 4 is 39.5 Å². The number of esters is 4. The second-order valence-electron chi connectivity index (χ2n) is 24.8. The number of hydrogen-bond donors (Lipinski definition) is 3. The number of aliphatic hydroxyl groups excluding tert-OH is 1. The van der Waals surface area contributed by atoms with E-state index < -0.39 is 97.5 Å². The SMILES string of the molecule is CC/C=C\C/C=C\C/C=C\C/C=C\CCCCCCC(=O)OCC(COP(=O)(O)OCC(O)COP(=O)(O)OCC(COC(=O)CCCCCCC/C=C\C/C=C\CCCCC)OC(=O)CCCCCCCCCCCCC)OC(=O)CCCC/C=C\C/C=C\C/C=C\C/C=C\CC. The number of phosphoric acid groups is 2. The van der Waals surface area contributed by atoms with Gasteiger partial charge in [-0.3, -0.25) is 37.3 Å². The summed E-state index contributed by atoms with van der Waals surface area (Å²) in [4.78, 5) is 72.8. The molecule has 0 aromatic rings. The second-order valence-corrected chi connectivity index (χ2v) is 27.7. The minimum atomic E-state index is -4.99. The van der Waals surface area contributed by atoms with Gasteiger partial charge in [0.05, 0.1) is 26.4 Å². The summed E-state index contributed by atoms with van der Waals surface area (Å²) in [6.45, 7) is 4.52. The van der Waals surface area contributed by atoms with E-state index in [9.17, 15) is 43.2 Å². The van der Waals surface area contributed by atoms with Crippen molar-refractivity contribution in [2.45, 2.75) is 316 Å². The van der Waals surface area contributed by atoms with Crippen molar-refractivity contribution in [3.63, 3.8) is 0 Å². The number of rotatable bonds is 70. The van der Waals surface area contributed by atoms with Gasteiger partial charge in [-0.05, 0) is 135 Å². The molecule has 0 heterocycles. The summed E-state index contributed by atoms with van der Waals surface area (Å²) in [7, 11) is -9.97. The highest BCUT2D eigenvalue weighted by Crippen LogP contribution is 2.45. The highest BCUT2D eigenvalue weighted by atomic mass is 31.2. The number of allylic oxidation sites excluding steroid dienone is 20. The molecular weight excluding hydrogens is 1280 g/mol. The summed E-state index contributed by atoms with van der Waals surface area (Å²) in [5.41, 5.74) is 0. The van der Waals surface area contributed by atoms with Crippen molar-refractivity contribution in [3.05, 3.63) is 122 Å². The van der Waals surface area contributed by atoms with E-state index in [1.807, 2.05) is 0 Å². The first-order valence-electron chi connectivity index (χ1n) is 37.8. The minimum Gasteiger partial charge on any atom is -0.462 e. The van der Waals surface area contributed by atoms with E-state index in [0.29, 0.717) is 32.1 Å². The Morgan fingerprint density at radius 2 is 0.531 bits per heavy atom. The number of aliphatic hydroxyl groups is 1. The smallest absolute Gasteiger partial charge is 0.462 e. The zero-order chi connectivity index (χ0) is 71.8. The fraction of sp³-hybridized carbons (Fsp3) is 0.696. The van der Waals surface area contributed by atoms with E-state index >= 15 is 0 Å². The van der Waals surface area contributed by atoms with Crippen molar-refractivity contribution in [2.24, 2.45) is 0 Å². The van der Waals surface area contributed by atoms with Gasteiger partial charge in [-0.2, -0.15) is 0 Å². The maximum atomic E-state index is 13.1. The Morgan fingerprint density at radius 1 is 0.296 bits per heavy atom. The lowest BCUT2D eigenvalue weighted by Crippen LogP contribution is -2.30. The molecular formula is C79H134O17P2. The molecule has 17 nitrogen and oxygen atoms in total. The van der Waals surface area contributed by atoms with E-state index in [-0.39, 0.29) is 25.7 Å². The van der Waals surface area contributed by atoms with Crippen molar-refractivity contribution in [3.8, 4) is 0 Å². The number of unbranched alkanes of at least 4 members (excludes halogenated alkanes) is 24. The fourth-order valence-electron chi connectivity index (χ4n) is 9.70. The first kappa shape index (κ1) is 93.5. The van der Waals surface area contributed by atoms with Crippen LogP contribution in [0, 0.1) is 0 Å². The van der Waals surface area contributed by atoms with Gasteiger partial charge in [0.1, 0.15) is 19.3 Å². The summed E-state index contributed by atoms with van der Waals surface area (Å²) in [5, 5.41) is 10.6. The number of hydrogen-bond acceptors (Lipinski definition) is 15. The van der Waals surface area contributed by atoms with Crippen LogP contribution in [0.25, 0.3) is 0 Å². The van der Waals surface area contributed by atoms with Gasteiger partial charge in [0.25, 0.3) is 0 Å². The van der Waals surface area contributed by atoms with E-state index in [1.165, 1.54) is 57.8 Å². The largest absolute Gasteiger partial charge is 0.472 e. The first-order chi connectivity index (χ1) is 47.7. The molecule has 19 heteroatoms. The molecule has 0 saturated heterocycles. The van der Waals surface area contributed by atoms with Crippen LogP contribution < -0.4 is 0 Å². The Morgan fingerprint density at radius 3 is 0.857 bits per heavy atom. The lowest BCUT2D eigenvalue weighted by molar-refractivity contribution is -0.161. The highest BCUT2D eigenvalue weighted by molar-refractivity contribution is 7.47. The molecule has 98 heavy (non-hydrogen) atoms. The van der Waals surface area contributed by atoms with Crippen LogP contribution in [-0.4, -0.2) is 96.7 Å². The Bertz CT molecular complexity index is 2340. The van der Waals surface area contributed by atoms with Gasteiger partial charge in [0.2, 0.25) is 0 Å². The molecule has 0 amide bonds. The molecule has 5 unspecified atom stereocenters. The predicted octanol–water partition coefficient (Wildman–Crippen LogP) is 21.6. The highest BCUT2D eigenvalue weighted by Gasteiger charge is 2.30. The monoisotopic (exact) mass is 1420 g/mol. The van der Waals surface area contributed by atoms with Gasteiger partial charge in [-0.15, -0.1) is 0 Å². The summed E-state index contributed by atoms with van der Waals surface area (Å²) in [6, 6.07) is 0. The molecule has 0 spiro atoms. The van der Waals surface area contributed by atoms with Crippen LogP contribution in [0.5, 0.6) is 0 Å². The van der Waals surface area contributed by atoms with E-state index in [2.05, 4.69) is 149 Å². The Hall–Kier alpha value is -4.54. The molecule has 0 fully saturated rings. The average molecular weight is 1420 g/mol. The van der Waals surface area contributed by atoms with Crippen LogP contribution in [-0.2, 0) is 65.4 Å². The molecule has 0 radical (unpaired) electrons. The van der Waals surface area contributed by atoms with Gasteiger partial charge in [0, 0.05) is 25.7 Å². The second kappa shape index (κ2) is 70.9. The Labute approximate surface area is 593 Å². The first-order valence-corrected chi connectivity index (χ1v) is 40.8. The summed E-state index contributed by atoms with van der Waals surface area (Å²) >= 11 is 0. The van der Waals surface area contributed by atoms with Crippen molar-refractivity contribution in [2.75, 3.05) is 39.6 Å². The molecule has 0 aliphatic rings. The molecule has 562 valence electrons. The van der Waals surface area contributed by atoms with Crippen LogP contribution in [0.2, 0.25) is 0 Å². The molecule has 0 bridgehead atoms. The topological polar surface area (TPSA) is 237 Å². The van der Waals surface area contributed by atoms with Crippen LogP contribution in [0.15, 0.2) is 122 Å². The van der Waals surface area contributed by atoms with Crippen molar-refractivity contribution in [1.29, 1.82) is 0 Å². The number of ether oxygens (including phenoxy) is 4. The van der Waals surface area contributed by atoms with E-state index in [1.54, 1.807) is 0 Å². The molecule has 0 aromatic heterocycles. The van der Waals surface area contributed by atoms with Crippen LogP contribution in [0.4, 0.5) is 0 Å². The minimum absolute atomic E-state index is 0.0344. The fourth-order valence-corrected chi connectivity index (χ4v) is 11.3. The molecule has 3 N–H and O–H groups in total. The molecule has 0 aliphatic heterocycles. The lowest BCUT2D eigenvalue weighted by atomic mass is 10.1. The third-order valence-electron chi connectivity index (χ3n) is 15.4. The predicted molar refractivity (Wildman–Crippen MR) is 399 cm³/mol. The summed E-state index contributed by atoms with van der Waals surface area (Å²) < 4.78 is 68.4. The Balaban J connectivity index is 5.40. The molecule has 0 aliphatic carbocycles. The molecule has 0 rings (SSSR count). The van der Waals surface area contributed by atoms with Crippen molar-refractivity contribution < 1.29 is 80.2 Å². The molecule has 0 saturated carbocycles. The third kappa shape index (κ3) is 69.9. The Kier molecular flexibility index (Phi) is 67.6. The van der Waals surface area contributed by atoms with Gasteiger partial charge < -0.3 is 33.8 Å². The van der Waals surface area contributed by atoms with Crippen molar-refractivity contribution in [1.82, 2.24) is 0 Å². The van der Waals surface area contributed by atoms with Gasteiger partial charge in [-0.1, -0.05) is 258 Å². The zero-order valence-corrected chi connectivity index (χ0v) is 63.0. The maximum Gasteiger partial charge on any atom is 0.472 e. The van der Waals surface area contributed by atoms with Crippen LogP contribution >= 0.6 is 15.6 Å². The standard InChI is InChI=1S/C79H134O17P2/c1-5-9-13-17-21-25-29-32-35-36-39-41-45-48-52-56-60-64-77(82)90-70-75(96-79(84)66-62-58-54-50-46-42-38-34-31-27-23-19-15-11-7-3)72-94-98(87,88)92-68-73(80)67-91-97(85,86)93-71-74(95-78(83)65-61-57-53-49-43-28-24-20-16-12-8-4)69-89-76(81)63-59-55-51-47-44-40-37-33-30-26-22-18-14-10-6-2/h9,11,13,15,21-23,25-27,32-35,37-39,41,46,50,73-75,80H,5-8,10,12,14,16-20,24,28-31,36,40,42-45,47-49,51-72H2,1-4H3,(H,85,86)(H,87,88)/b13-9-,15-11-,25-21-,26-22-,27-23-,35-32-,37-33-,38-34-,41-39-,50-46-. The number of carbonyl (C=O) groups is 4. The van der Waals surface area contributed by atoms with Crippen LogP contribution in [0.3, 0.4) is 0 Å². The molecule has 5 atom stereocenters. The van der Waals surface area contributed by atoms with E-state index in [4.69, 9.17) is 37.0 Å². The van der Waals surface area contributed by atoms with Gasteiger partial charge >= 0.3 is 39.5 Å². The quantitative estimate of drug-likeness (QED) is 0.0169. The number of phosphoric ester groups is 2. The maximum absolute atomic E-state index is 13.1. The van der Waals surface area contributed by atoms with Crippen LogP contribution in [0.1, 0.15) is 297 Å². The third-order valence-corrected chi connectivity index (χ3v) is 17.3. The average Bonchev–Trinajstić information content (AvgIpc) is 0.986. The summed E-state index contributed by atoms with van der Waals surface area (Å²) in [5.74, 6) is -2.26. The van der Waals surface area contributed by atoms with Gasteiger partial charge in [-0.25, -0.2) is 9.13 Å². The number of carbonyl (C=O) groups excluding carboxylic acids is 4. The normalized spacial score (nSPS) is 14.6. The zero-order valence-electron chi connectivity index (χ0n) is 61.2.